The molecule has 1 aromatic rings. The zero-order valence-corrected chi connectivity index (χ0v) is 9.39. The van der Waals surface area contributed by atoms with Crippen molar-refractivity contribution in [2.24, 2.45) is 0 Å². The molecule has 0 fully saturated rings. The highest BCUT2D eigenvalue weighted by Crippen LogP contribution is 2.07. The standard InChI is InChI=1S/C10H17N3O2/c1-7-8(2)15-10(13-7)6-11-4-5-12-9(3)14/h11H,4-6H2,1-3H3,(H,12,14). The normalized spacial score (nSPS) is 10.3. The molecule has 1 amide bonds. The maximum absolute atomic E-state index is 10.6. The Kier molecular flexibility index (Phi) is 4.30. The van der Waals surface area contributed by atoms with Crippen LogP contribution in [0.25, 0.3) is 0 Å². The summed E-state index contributed by atoms with van der Waals surface area (Å²) in [6, 6.07) is 0. The van der Waals surface area contributed by atoms with Crippen LogP contribution in [0.3, 0.4) is 0 Å². The molecule has 84 valence electrons. The van der Waals surface area contributed by atoms with Crippen molar-refractivity contribution in [3.8, 4) is 0 Å². The fraction of sp³-hybridized carbons (Fsp3) is 0.600. The molecule has 15 heavy (non-hydrogen) atoms. The van der Waals surface area contributed by atoms with Gasteiger partial charge in [0.05, 0.1) is 12.2 Å². The number of carbonyl (C=O) groups is 1. The lowest BCUT2D eigenvalue weighted by atomic mass is 10.4. The van der Waals surface area contributed by atoms with Gasteiger partial charge in [0, 0.05) is 20.0 Å². The van der Waals surface area contributed by atoms with Crippen LogP contribution in [0.5, 0.6) is 0 Å². The molecule has 1 rings (SSSR count). The number of oxazole rings is 1. The van der Waals surface area contributed by atoms with Crippen molar-refractivity contribution < 1.29 is 9.21 Å². The third-order valence-corrected chi connectivity index (χ3v) is 2.02. The molecule has 0 aliphatic carbocycles. The van der Waals surface area contributed by atoms with Gasteiger partial charge in [0.1, 0.15) is 5.76 Å². The van der Waals surface area contributed by atoms with Crippen LogP contribution in [0.2, 0.25) is 0 Å². The summed E-state index contributed by atoms with van der Waals surface area (Å²) in [5.74, 6) is 1.53. The van der Waals surface area contributed by atoms with Gasteiger partial charge in [-0.15, -0.1) is 0 Å². The number of aryl methyl sites for hydroxylation is 2. The van der Waals surface area contributed by atoms with Crippen molar-refractivity contribution in [1.29, 1.82) is 0 Å². The first-order valence-corrected chi connectivity index (χ1v) is 4.97. The van der Waals surface area contributed by atoms with Crippen LogP contribution in [-0.4, -0.2) is 24.0 Å². The summed E-state index contributed by atoms with van der Waals surface area (Å²) < 4.78 is 5.38. The number of nitrogens with one attached hydrogen (secondary N) is 2. The maximum atomic E-state index is 10.6. The molecule has 2 N–H and O–H groups in total. The quantitative estimate of drug-likeness (QED) is 0.697. The summed E-state index contributed by atoms with van der Waals surface area (Å²) in [7, 11) is 0. The van der Waals surface area contributed by atoms with E-state index < -0.39 is 0 Å². The molecule has 0 aromatic carbocycles. The van der Waals surface area contributed by atoms with Gasteiger partial charge in [0.2, 0.25) is 11.8 Å². The predicted molar refractivity (Wildman–Crippen MR) is 56.4 cm³/mol. The van der Waals surface area contributed by atoms with Gasteiger partial charge in [-0.3, -0.25) is 4.79 Å². The Bertz CT molecular complexity index is 314. The van der Waals surface area contributed by atoms with Crippen LogP contribution in [0, 0.1) is 13.8 Å². The van der Waals surface area contributed by atoms with Gasteiger partial charge in [-0.05, 0) is 13.8 Å². The van der Waals surface area contributed by atoms with Crippen molar-refractivity contribution in [1.82, 2.24) is 15.6 Å². The zero-order chi connectivity index (χ0) is 11.3. The minimum atomic E-state index is -0.0142. The Morgan fingerprint density at radius 1 is 1.40 bits per heavy atom. The van der Waals surface area contributed by atoms with Crippen LogP contribution in [0.1, 0.15) is 24.3 Å². The van der Waals surface area contributed by atoms with Gasteiger partial charge in [0.25, 0.3) is 0 Å². The van der Waals surface area contributed by atoms with E-state index in [2.05, 4.69) is 15.6 Å². The second-order valence-corrected chi connectivity index (χ2v) is 3.41. The minimum Gasteiger partial charge on any atom is -0.444 e. The minimum absolute atomic E-state index is 0.0142. The molecule has 0 saturated heterocycles. The van der Waals surface area contributed by atoms with E-state index >= 15 is 0 Å². The van der Waals surface area contributed by atoms with Crippen LogP contribution in [-0.2, 0) is 11.3 Å². The number of hydrogen-bond acceptors (Lipinski definition) is 4. The predicted octanol–water partition coefficient (Wildman–Crippen LogP) is 0.517. The number of carbonyl (C=O) groups excluding carboxylic acids is 1. The highest BCUT2D eigenvalue weighted by molar-refractivity contribution is 5.72. The Labute approximate surface area is 89.3 Å². The largest absolute Gasteiger partial charge is 0.444 e. The summed E-state index contributed by atoms with van der Waals surface area (Å²) in [5, 5.41) is 5.82. The molecule has 0 spiro atoms. The topological polar surface area (TPSA) is 67.2 Å². The van der Waals surface area contributed by atoms with Crippen molar-refractivity contribution in [2.75, 3.05) is 13.1 Å². The van der Waals surface area contributed by atoms with E-state index in [9.17, 15) is 4.79 Å². The summed E-state index contributed by atoms with van der Waals surface area (Å²) in [6.07, 6.45) is 0. The first kappa shape index (κ1) is 11.7. The molecule has 1 aromatic heterocycles. The molecular formula is C10H17N3O2. The average molecular weight is 211 g/mol. The molecule has 0 saturated carbocycles. The molecule has 0 unspecified atom stereocenters. The lowest BCUT2D eigenvalue weighted by Gasteiger charge is -2.02. The summed E-state index contributed by atoms with van der Waals surface area (Å²) in [4.78, 5) is 14.8. The van der Waals surface area contributed by atoms with Gasteiger partial charge in [-0.25, -0.2) is 4.98 Å². The van der Waals surface area contributed by atoms with E-state index in [-0.39, 0.29) is 5.91 Å². The van der Waals surface area contributed by atoms with E-state index in [0.717, 1.165) is 11.5 Å². The summed E-state index contributed by atoms with van der Waals surface area (Å²) in [6.45, 7) is 7.23. The maximum Gasteiger partial charge on any atom is 0.216 e. The van der Waals surface area contributed by atoms with Crippen molar-refractivity contribution in [3.05, 3.63) is 17.3 Å². The molecular weight excluding hydrogens is 194 g/mol. The molecule has 0 bridgehead atoms. The van der Waals surface area contributed by atoms with E-state index in [1.165, 1.54) is 6.92 Å². The van der Waals surface area contributed by atoms with Crippen molar-refractivity contribution >= 4 is 5.91 Å². The van der Waals surface area contributed by atoms with Gasteiger partial charge in [-0.1, -0.05) is 0 Å². The number of rotatable bonds is 5. The van der Waals surface area contributed by atoms with Crippen LogP contribution < -0.4 is 10.6 Å². The zero-order valence-electron chi connectivity index (χ0n) is 9.39. The van der Waals surface area contributed by atoms with E-state index in [0.29, 0.717) is 25.5 Å². The second kappa shape index (κ2) is 5.50. The molecule has 0 aliphatic heterocycles. The molecule has 5 heteroatoms. The van der Waals surface area contributed by atoms with Gasteiger partial charge in [0.15, 0.2) is 0 Å². The van der Waals surface area contributed by atoms with Crippen LogP contribution >= 0.6 is 0 Å². The number of hydrogen-bond donors (Lipinski definition) is 2. The smallest absolute Gasteiger partial charge is 0.216 e. The van der Waals surface area contributed by atoms with Crippen LogP contribution in [0.4, 0.5) is 0 Å². The number of aromatic nitrogens is 1. The Morgan fingerprint density at radius 3 is 2.67 bits per heavy atom. The van der Waals surface area contributed by atoms with Gasteiger partial charge < -0.3 is 15.1 Å². The number of amides is 1. The lowest BCUT2D eigenvalue weighted by molar-refractivity contribution is -0.118. The van der Waals surface area contributed by atoms with E-state index in [1.807, 2.05) is 13.8 Å². The molecule has 0 radical (unpaired) electrons. The Morgan fingerprint density at radius 2 is 2.13 bits per heavy atom. The third kappa shape index (κ3) is 4.12. The first-order chi connectivity index (χ1) is 7.09. The highest BCUT2D eigenvalue weighted by atomic mass is 16.4. The van der Waals surface area contributed by atoms with Crippen molar-refractivity contribution in [3.63, 3.8) is 0 Å². The third-order valence-electron chi connectivity index (χ3n) is 2.02. The van der Waals surface area contributed by atoms with Crippen molar-refractivity contribution in [2.45, 2.75) is 27.3 Å². The first-order valence-electron chi connectivity index (χ1n) is 4.97. The monoisotopic (exact) mass is 211 g/mol. The molecule has 0 atom stereocenters. The van der Waals surface area contributed by atoms with Gasteiger partial charge >= 0.3 is 0 Å². The fourth-order valence-electron chi connectivity index (χ4n) is 1.14. The van der Waals surface area contributed by atoms with Crippen LogP contribution in [0.15, 0.2) is 4.42 Å². The molecule has 0 aliphatic rings. The Hall–Kier alpha value is -1.36. The summed E-state index contributed by atoms with van der Waals surface area (Å²) in [5.41, 5.74) is 0.925. The van der Waals surface area contributed by atoms with Gasteiger partial charge in [-0.2, -0.15) is 0 Å². The fourth-order valence-corrected chi connectivity index (χ4v) is 1.14. The second-order valence-electron chi connectivity index (χ2n) is 3.41. The highest BCUT2D eigenvalue weighted by Gasteiger charge is 2.03. The molecule has 1 heterocycles. The van der Waals surface area contributed by atoms with E-state index in [1.54, 1.807) is 0 Å². The Balaban J connectivity index is 2.18. The van der Waals surface area contributed by atoms with E-state index in [4.69, 9.17) is 4.42 Å². The number of nitrogens with zero attached hydrogens (tertiary/aromatic N) is 1. The molecule has 5 nitrogen and oxygen atoms in total. The average Bonchev–Trinajstić information content (AvgIpc) is 2.45. The lowest BCUT2D eigenvalue weighted by Crippen LogP contribution is -2.29. The summed E-state index contributed by atoms with van der Waals surface area (Å²) >= 11 is 0. The SMILES string of the molecule is CC(=O)NCCNCc1nc(C)c(C)o1.